The number of amides is 3. The lowest BCUT2D eigenvalue weighted by Gasteiger charge is -2.26. The molecule has 3 N–H and O–H groups in total. The Balaban J connectivity index is 1.94. The standard InChI is InChI=1S/C19H23N3O6/c1-4-27-18(25)16-12(3)21-19(26)22-14(16)10-28-15(23)9-20-17(24)13-7-5-11(2)6-8-13/h5-8,12H,4,9-10H2,1-3H3,(H,20,24)(H2,21,22,26)/t12-/m0/s1. The highest BCUT2D eigenvalue weighted by Crippen LogP contribution is 2.14. The van der Waals surface area contributed by atoms with Gasteiger partial charge in [-0.25, -0.2) is 9.59 Å². The van der Waals surface area contributed by atoms with Crippen LogP contribution in [0.15, 0.2) is 35.5 Å². The van der Waals surface area contributed by atoms with Gasteiger partial charge in [0.05, 0.1) is 23.9 Å². The Labute approximate surface area is 162 Å². The first-order valence-electron chi connectivity index (χ1n) is 8.80. The van der Waals surface area contributed by atoms with E-state index in [4.69, 9.17) is 9.47 Å². The minimum Gasteiger partial charge on any atom is -0.463 e. The third-order valence-electron chi connectivity index (χ3n) is 3.95. The van der Waals surface area contributed by atoms with Gasteiger partial charge < -0.3 is 25.4 Å². The van der Waals surface area contributed by atoms with Gasteiger partial charge in [-0.15, -0.1) is 0 Å². The van der Waals surface area contributed by atoms with E-state index in [9.17, 15) is 19.2 Å². The van der Waals surface area contributed by atoms with Crippen LogP contribution in [0.5, 0.6) is 0 Å². The Hall–Kier alpha value is -3.36. The zero-order valence-corrected chi connectivity index (χ0v) is 16.0. The van der Waals surface area contributed by atoms with Crippen LogP contribution in [0.2, 0.25) is 0 Å². The third kappa shape index (κ3) is 5.57. The molecule has 9 nitrogen and oxygen atoms in total. The second kappa shape index (κ2) is 9.54. The smallest absolute Gasteiger partial charge is 0.338 e. The molecular formula is C19H23N3O6. The van der Waals surface area contributed by atoms with Gasteiger partial charge in [-0.05, 0) is 32.9 Å². The van der Waals surface area contributed by atoms with E-state index in [1.807, 2.05) is 6.92 Å². The lowest BCUT2D eigenvalue weighted by atomic mass is 10.0. The lowest BCUT2D eigenvalue weighted by Crippen LogP contribution is -2.50. The molecule has 0 unspecified atom stereocenters. The van der Waals surface area contributed by atoms with Crippen molar-refractivity contribution in [3.05, 3.63) is 46.7 Å². The van der Waals surface area contributed by atoms with Crippen LogP contribution < -0.4 is 16.0 Å². The summed E-state index contributed by atoms with van der Waals surface area (Å²) in [6, 6.07) is 5.77. The van der Waals surface area contributed by atoms with Crippen molar-refractivity contribution in [3.63, 3.8) is 0 Å². The minimum atomic E-state index is -0.711. The monoisotopic (exact) mass is 389 g/mol. The van der Waals surface area contributed by atoms with Crippen LogP contribution in [0.1, 0.15) is 29.8 Å². The van der Waals surface area contributed by atoms with Crippen molar-refractivity contribution in [2.24, 2.45) is 0 Å². The van der Waals surface area contributed by atoms with Gasteiger partial charge in [-0.3, -0.25) is 9.59 Å². The molecule has 3 amide bonds. The van der Waals surface area contributed by atoms with Crippen molar-refractivity contribution >= 4 is 23.9 Å². The minimum absolute atomic E-state index is 0.146. The highest BCUT2D eigenvalue weighted by molar-refractivity contribution is 5.96. The van der Waals surface area contributed by atoms with E-state index >= 15 is 0 Å². The topological polar surface area (TPSA) is 123 Å². The van der Waals surface area contributed by atoms with Crippen molar-refractivity contribution in [1.82, 2.24) is 16.0 Å². The highest BCUT2D eigenvalue weighted by atomic mass is 16.5. The van der Waals surface area contributed by atoms with Crippen LogP contribution in [-0.2, 0) is 19.1 Å². The molecule has 0 bridgehead atoms. The molecule has 28 heavy (non-hydrogen) atoms. The van der Waals surface area contributed by atoms with Gasteiger partial charge in [-0.1, -0.05) is 17.7 Å². The molecule has 1 heterocycles. The second-order valence-electron chi connectivity index (χ2n) is 6.14. The summed E-state index contributed by atoms with van der Waals surface area (Å²) >= 11 is 0. The fourth-order valence-corrected chi connectivity index (χ4v) is 2.56. The molecule has 2 rings (SSSR count). The van der Waals surface area contributed by atoms with Gasteiger partial charge in [0.2, 0.25) is 0 Å². The van der Waals surface area contributed by atoms with E-state index < -0.39 is 29.9 Å². The normalized spacial score (nSPS) is 16.0. The SMILES string of the molecule is CCOC(=O)C1=C(COC(=O)CNC(=O)c2ccc(C)cc2)NC(=O)N[C@H]1C. The number of hydrogen-bond donors (Lipinski definition) is 3. The number of hydrogen-bond acceptors (Lipinski definition) is 6. The zero-order chi connectivity index (χ0) is 20.7. The van der Waals surface area contributed by atoms with Gasteiger partial charge in [0.25, 0.3) is 5.91 Å². The average Bonchev–Trinajstić information content (AvgIpc) is 2.64. The summed E-state index contributed by atoms with van der Waals surface area (Å²) in [5.41, 5.74) is 1.76. The van der Waals surface area contributed by atoms with Gasteiger partial charge in [-0.2, -0.15) is 0 Å². The van der Waals surface area contributed by atoms with Crippen LogP contribution in [0, 0.1) is 6.92 Å². The number of benzene rings is 1. The largest absolute Gasteiger partial charge is 0.463 e. The molecule has 0 saturated heterocycles. The van der Waals surface area contributed by atoms with Crippen molar-refractivity contribution in [1.29, 1.82) is 0 Å². The number of carbonyl (C=O) groups excluding carboxylic acids is 4. The summed E-state index contributed by atoms with van der Waals surface area (Å²) in [6.45, 7) is 4.67. The second-order valence-corrected chi connectivity index (χ2v) is 6.14. The number of aryl methyl sites for hydroxylation is 1. The van der Waals surface area contributed by atoms with Crippen LogP contribution in [0.25, 0.3) is 0 Å². The summed E-state index contributed by atoms with van der Waals surface area (Å²) in [4.78, 5) is 47.7. The van der Waals surface area contributed by atoms with E-state index in [2.05, 4.69) is 16.0 Å². The van der Waals surface area contributed by atoms with Crippen LogP contribution in [-0.4, -0.2) is 49.7 Å². The summed E-state index contributed by atoms with van der Waals surface area (Å²) in [5.74, 6) is -1.73. The Morgan fingerprint density at radius 3 is 2.46 bits per heavy atom. The molecule has 0 aliphatic carbocycles. The number of esters is 2. The number of rotatable bonds is 7. The summed E-state index contributed by atoms with van der Waals surface area (Å²) in [7, 11) is 0. The molecule has 9 heteroatoms. The molecular weight excluding hydrogens is 366 g/mol. The Morgan fingerprint density at radius 1 is 1.14 bits per heavy atom. The zero-order valence-electron chi connectivity index (χ0n) is 16.0. The average molecular weight is 389 g/mol. The first-order valence-corrected chi connectivity index (χ1v) is 8.80. The molecule has 0 saturated carbocycles. The molecule has 150 valence electrons. The van der Waals surface area contributed by atoms with E-state index in [0.717, 1.165) is 5.56 Å². The maximum absolute atomic E-state index is 12.1. The molecule has 0 fully saturated rings. The summed E-state index contributed by atoms with van der Waals surface area (Å²) in [5, 5.41) is 7.45. The highest BCUT2D eigenvalue weighted by Gasteiger charge is 2.30. The fraction of sp³-hybridized carbons (Fsp3) is 0.368. The van der Waals surface area contributed by atoms with E-state index in [-0.39, 0.29) is 31.0 Å². The first kappa shape index (κ1) is 20.9. The molecule has 1 aliphatic rings. The third-order valence-corrected chi connectivity index (χ3v) is 3.95. The Kier molecular flexibility index (Phi) is 7.14. The molecule has 1 aromatic carbocycles. The quantitative estimate of drug-likeness (QED) is 0.593. The first-order chi connectivity index (χ1) is 13.3. The molecule has 0 aromatic heterocycles. The predicted molar refractivity (Wildman–Crippen MR) is 99.3 cm³/mol. The maximum Gasteiger partial charge on any atom is 0.338 e. The van der Waals surface area contributed by atoms with E-state index in [1.54, 1.807) is 38.1 Å². The van der Waals surface area contributed by atoms with Crippen LogP contribution >= 0.6 is 0 Å². The van der Waals surface area contributed by atoms with Crippen LogP contribution in [0.3, 0.4) is 0 Å². The van der Waals surface area contributed by atoms with Gasteiger partial charge in [0.15, 0.2) is 0 Å². The molecule has 1 aliphatic heterocycles. The molecule has 0 spiro atoms. The number of ether oxygens (including phenoxy) is 2. The fourth-order valence-electron chi connectivity index (χ4n) is 2.56. The number of carbonyl (C=O) groups is 4. The van der Waals surface area contributed by atoms with Crippen molar-refractivity contribution in [2.45, 2.75) is 26.8 Å². The van der Waals surface area contributed by atoms with Crippen molar-refractivity contribution < 1.29 is 28.7 Å². The Bertz CT molecular complexity index is 800. The lowest BCUT2D eigenvalue weighted by molar-refractivity contribution is -0.142. The van der Waals surface area contributed by atoms with E-state index in [1.165, 1.54) is 0 Å². The Morgan fingerprint density at radius 2 is 1.82 bits per heavy atom. The number of urea groups is 1. The van der Waals surface area contributed by atoms with Crippen molar-refractivity contribution in [2.75, 3.05) is 19.8 Å². The molecule has 1 aromatic rings. The van der Waals surface area contributed by atoms with Gasteiger partial charge in [0.1, 0.15) is 13.2 Å². The van der Waals surface area contributed by atoms with Gasteiger partial charge in [0, 0.05) is 5.56 Å². The molecule has 1 atom stereocenters. The number of nitrogens with one attached hydrogen (secondary N) is 3. The van der Waals surface area contributed by atoms with Crippen molar-refractivity contribution in [3.8, 4) is 0 Å². The van der Waals surface area contributed by atoms with E-state index in [0.29, 0.717) is 5.56 Å². The maximum atomic E-state index is 12.1. The predicted octanol–water partition coefficient (Wildman–Crippen LogP) is 0.787. The van der Waals surface area contributed by atoms with Crippen LogP contribution in [0.4, 0.5) is 4.79 Å². The van der Waals surface area contributed by atoms with Gasteiger partial charge >= 0.3 is 18.0 Å². The summed E-state index contributed by atoms with van der Waals surface area (Å²) < 4.78 is 10.1. The summed E-state index contributed by atoms with van der Waals surface area (Å²) in [6.07, 6.45) is 0. The molecule has 0 radical (unpaired) electrons.